The van der Waals surface area contributed by atoms with Crippen LogP contribution in [0.1, 0.15) is 42.6 Å². The molecule has 0 radical (unpaired) electrons. The molecule has 0 spiro atoms. The van der Waals surface area contributed by atoms with Crippen molar-refractivity contribution in [2.75, 3.05) is 13.2 Å². The third-order valence-electron chi connectivity index (χ3n) is 4.42. The van der Waals surface area contributed by atoms with Crippen molar-refractivity contribution in [3.05, 3.63) is 33.4 Å². The number of rotatable bonds is 6. The molecule has 1 aromatic rings. The fraction of sp³-hybridized carbons (Fsp3) is 0.562. The Morgan fingerprint density at radius 2 is 2.15 bits per heavy atom. The van der Waals surface area contributed by atoms with E-state index in [4.69, 9.17) is 4.74 Å². The molecule has 10 heteroatoms. The van der Waals surface area contributed by atoms with Crippen LogP contribution in [0, 0.1) is 17.0 Å². The minimum atomic E-state index is -4.04. The van der Waals surface area contributed by atoms with Crippen molar-refractivity contribution >= 4 is 21.7 Å². The summed E-state index contributed by atoms with van der Waals surface area (Å²) in [6.45, 7) is 5.74. The molecule has 0 saturated carbocycles. The number of hydrogen-bond acceptors (Lipinski definition) is 7. The second kappa shape index (κ2) is 8.11. The van der Waals surface area contributed by atoms with Gasteiger partial charge < -0.3 is 10.1 Å². The van der Waals surface area contributed by atoms with Gasteiger partial charge in [-0.3, -0.25) is 10.1 Å². The summed E-state index contributed by atoms with van der Waals surface area (Å²) in [6.07, 6.45) is 1.48. The van der Waals surface area contributed by atoms with E-state index in [-0.39, 0.29) is 34.7 Å². The Morgan fingerprint density at radius 3 is 2.73 bits per heavy atom. The van der Waals surface area contributed by atoms with Crippen LogP contribution in [0.5, 0.6) is 0 Å². The first-order valence-electron chi connectivity index (χ1n) is 8.39. The number of sulfonamides is 1. The van der Waals surface area contributed by atoms with Gasteiger partial charge in [0.15, 0.2) is 0 Å². The van der Waals surface area contributed by atoms with Crippen molar-refractivity contribution in [1.82, 2.24) is 10.0 Å². The van der Waals surface area contributed by atoms with Gasteiger partial charge in [0.05, 0.1) is 22.0 Å². The minimum Gasteiger partial charge on any atom is -0.462 e. The molecule has 2 rings (SSSR count). The summed E-state index contributed by atoms with van der Waals surface area (Å²) in [7, 11) is -4.04. The number of nitrogens with zero attached hydrogens (tertiary/aromatic N) is 1. The van der Waals surface area contributed by atoms with E-state index in [0.29, 0.717) is 6.42 Å². The summed E-state index contributed by atoms with van der Waals surface area (Å²) in [6, 6.07) is 1.70. The van der Waals surface area contributed by atoms with Crippen LogP contribution in [-0.4, -0.2) is 44.5 Å². The monoisotopic (exact) mass is 385 g/mol. The van der Waals surface area contributed by atoms with Crippen molar-refractivity contribution in [3.63, 3.8) is 0 Å². The Balaban J connectivity index is 2.46. The summed E-state index contributed by atoms with van der Waals surface area (Å²) in [4.78, 5) is 22.4. The summed E-state index contributed by atoms with van der Waals surface area (Å²) in [5.41, 5.74) is -0.498. The Hall–Kier alpha value is -2.04. The zero-order valence-corrected chi connectivity index (χ0v) is 15.8. The smallest absolute Gasteiger partial charge is 0.338 e. The maximum Gasteiger partial charge on any atom is 0.338 e. The Kier molecular flexibility index (Phi) is 6.32. The van der Waals surface area contributed by atoms with Crippen molar-refractivity contribution in [1.29, 1.82) is 0 Å². The van der Waals surface area contributed by atoms with Gasteiger partial charge in [-0.15, -0.1) is 0 Å². The van der Waals surface area contributed by atoms with Gasteiger partial charge in [0.25, 0.3) is 5.69 Å². The van der Waals surface area contributed by atoms with Crippen LogP contribution in [0.4, 0.5) is 5.69 Å². The topological polar surface area (TPSA) is 128 Å². The minimum absolute atomic E-state index is 0.0662. The lowest BCUT2D eigenvalue weighted by Crippen LogP contribution is -2.51. The van der Waals surface area contributed by atoms with E-state index in [2.05, 4.69) is 10.0 Å². The lowest BCUT2D eigenvalue weighted by Gasteiger charge is -2.30. The summed E-state index contributed by atoms with van der Waals surface area (Å²) in [5.74, 6) is -0.794. The third kappa shape index (κ3) is 4.37. The molecule has 9 nitrogen and oxygen atoms in total. The average Bonchev–Trinajstić information content (AvgIpc) is 2.56. The highest BCUT2D eigenvalue weighted by atomic mass is 32.2. The predicted molar refractivity (Wildman–Crippen MR) is 94.6 cm³/mol. The number of esters is 1. The summed E-state index contributed by atoms with van der Waals surface area (Å²) in [5, 5.41) is 14.5. The number of nitro groups is 1. The lowest BCUT2D eigenvalue weighted by molar-refractivity contribution is -0.385. The van der Waals surface area contributed by atoms with Crippen LogP contribution < -0.4 is 10.0 Å². The standard InChI is InChI=1S/C16H23N3O6S/c1-4-25-16(20)13-8-12(9-15(10(13)2)19(21)22)26(23,24)18-14-6-5-7-17-11(14)3/h8-9,11,14,17-18H,4-7H2,1-3H3. The second-order valence-electron chi connectivity index (χ2n) is 6.21. The molecule has 1 aliphatic heterocycles. The van der Waals surface area contributed by atoms with Crippen LogP contribution >= 0.6 is 0 Å². The maximum absolute atomic E-state index is 12.8. The predicted octanol–water partition coefficient (Wildman–Crippen LogP) is 1.50. The number of hydrogen-bond donors (Lipinski definition) is 2. The summed E-state index contributed by atoms with van der Waals surface area (Å²) < 4.78 is 33.0. The van der Waals surface area contributed by atoms with Gasteiger partial charge in [0.1, 0.15) is 0 Å². The molecular weight excluding hydrogens is 362 g/mol. The van der Waals surface area contributed by atoms with E-state index in [1.165, 1.54) is 6.92 Å². The van der Waals surface area contributed by atoms with Gasteiger partial charge in [0, 0.05) is 23.7 Å². The van der Waals surface area contributed by atoms with E-state index >= 15 is 0 Å². The lowest BCUT2D eigenvalue weighted by atomic mass is 10.0. The van der Waals surface area contributed by atoms with Crippen LogP contribution in [0.2, 0.25) is 0 Å². The number of carbonyl (C=O) groups is 1. The molecule has 26 heavy (non-hydrogen) atoms. The normalized spacial score (nSPS) is 20.6. The van der Waals surface area contributed by atoms with Crippen molar-refractivity contribution in [2.24, 2.45) is 0 Å². The zero-order valence-electron chi connectivity index (χ0n) is 14.9. The summed E-state index contributed by atoms with van der Waals surface area (Å²) >= 11 is 0. The van der Waals surface area contributed by atoms with Gasteiger partial charge in [-0.05, 0) is 46.2 Å². The first-order chi connectivity index (χ1) is 12.2. The third-order valence-corrected chi connectivity index (χ3v) is 5.89. The SMILES string of the molecule is CCOC(=O)c1cc(S(=O)(=O)NC2CCCNC2C)cc([N+](=O)[O-])c1C. The second-order valence-corrected chi connectivity index (χ2v) is 7.92. The molecular formula is C16H23N3O6S. The molecule has 144 valence electrons. The van der Waals surface area contributed by atoms with Crippen molar-refractivity contribution < 1.29 is 22.9 Å². The number of nitro benzene ring substituents is 1. The Bertz CT molecular complexity index is 808. The Morgan fingerprint density at radius 1 is 1.46 bits per heavy atom. The van der Waals surface area contributed by atoms with Gasteiger partial charge in [-0.25, -0.2) is 17.9 Å². The van der Waals surface area contributed by atoms with E-state index in [1.807, 2.05) is 6.92 Å². The largest absolute Gasteiger partial charge is 0.462 e. The highest BCUT2D eigenvalue weighted by Gasteiger charge is 2.30. The molecule has 2 atom stereocenters. The van der Waals surface area contributed by atoms with Crippen LogP contribution in [-0.2, 0) is 14.8 Å². The molecule has 1 heterocycles. The molecule has 0 aliphatic carbocycles. The van der Waals surface area contributed by atoms with Gasteiger partial charge in [0.2, 0.25) is 10.0 Å². The number of piperidine rings is 1. The van der Waals surface area contributed by atoms with Crippen LogP contribution in [0.3, 0.4) is 0 Å². The number of carbonyl (C=O) groups excluding carboxylic acids is 1. The quantitative estimate of drug-likeness (QED) is 0.431. The highest BCUT2D eigenvalue weighted by Crippen LogP contribution is 2.27. The Labute approximate surface area is 152 Å². The zero-order chi connectivity index (χ0) is 19.5. The first kappa shape index (κ1) is 20.3. The highest BCUT2D eigenvalue weighted by molar-refractivity contribution is 7.89. The maximum atomic E-state index is 12.8. The molecule has 2 N–H and O–H groups in total. The molecule has 1 fully saturated rings. The molecule has 0 aromatic heterocycles. The van der Waals surface area contributed by atoms with E-state index < -0.39 is 26.6 Å². The van der Waals surface area contributed by atoms with Crippen molar-refractivity contribution in [2.45, 2.75) is 50.6 Å². The average molecular weight is 385 g/mol. The molecule has 1 aliphatic rings. The van der Waals surface area contributed by atoms with Gasteiger partial charge in [-0.1, -0.05) is 0 Å². The number of benzene rings is 1. The van der Waals surface area contributed by atoms with E-state index in [9.17, 15) is 23.3 Å². The molecule has 0 bridgehead atoms. The van der Waals surface area contributed by atoms with Gasteiger partial charge in [-0.2, -0.15) is 0 Å². The van der Waals surface area contributed by atoms with Crippen LogP contribution in [0.15, 0.2) is 17.0 Å². The van der Waals surface area contributed by atoms with Gasteiger partial charge >= 0.3 is 5.97 Å². The van der Waals surface area contributed by atoms with E-state index in [0.717, 1.165) is 25.1 Å². The fourth-order valence-corrected chi connectivity index (χ4v) is 4.31. The molecule has 0 amide bonds. The van der Waals surface area contributed by atoms with E-state index in [1.54, 1.807) is 6.92 Å². The first-order valence-corrected chi connectivity index (χ1v) is 9.87. The number of ether oxygens (including phenoxy) is 1. The van der Waals surface area contributed by atoms with Crippen LogP contribution in [0.25, 0.3) is 0 Å². The molecule has 2 unspecified atom stereocenters. The molecule has 1 aromatic carbocycles. The number of nitrogens with one attached hydrogen (secondary N) is 2. The fourth-order valence-electron chi connectivity index (χ4n) is 2.91. The van der Waals surface area contributed by atoms with Crippen molar-refractivity contribution in [3.8, 4) is 0 Å². The molecule has 1 saturated heterocycles.